The molecule has 1 heterocycles. The van der Waals surface area contributed by atoms with Crippen LogP contribution in [0.25, 0.3) is 0 Å². The molecule has 0 aliphatic carbocycles. The maximum absolute atomic E-state index is 12.7. The highest BCUT2D eigenvalue weighted by Crippen LogP contribution is 2.32. The van der Waals surface area contributed by atoms with Crippen LogP contribution in [0.5, 0.6) is 0 Å². The SMILES string of the molecule is CC(C)c1cccc(C(C)C)c1NC(=O)Nc1cnn(CCOCc2ccccc2)c1. The third kappa shape index (κ3) is 6.43. The van der Waals surface area contributed by atoms with Gasteiger partial charge in [-0.3, -0.25) is 4.68 Å². The second-order valence-electron chi connectivity index (χ2n) is 8.23. The number of urea groups is 1. The Bertz CT molecular complexity index is 954. The van der Waals surface area contributed by atoms with Crippen LogP contribution in [0.1, 0.15) is 56.2 Å². The van der Waals surface area contributed by atoms with Crippen LogP contribution in [-0.2, 0) is 17.9 Å². The molecular weight excluding hydrogens is 388 g/mol. The van der Waals surface area contributed by atoms with Crippen LogP contribution in [0.2, 0.25) is 0 Å². The van der Waals surface area contributed by atoms with Crippen LogP contribution in [0, 0.1) is 0 Å². The summed E-state index contributed by atoms with van der Waals surface area (Å²) < 4.78 is 7.47. The van der Waals surface area contributed by atoms with Gasteiger partial charge in [0, 0.05) is 11.9 Å². The number of aromatic nitrogens is 2. The fraction of sp³-hybridized carbons (Fsp3) is 0.360. The van der Waals surface area contributed by atoms with E-state index in [2.05, 4.69) is 61.6 Å². The van der Waals surface area contributed by atoms with Crippen molar-refractivity contribution in [1.82, 2.24) is 9.78 Å². The van der Waals surface area contributed by atoms with E-state index in [-0.39, 0.29) is 6.03 Å². The van der Waals surface area contributed by atoms with Gasteiger partial charge in [0.2, 0.25) is 0 Å². The van der Waals surface area contributed by atoms with Gasteiger partial charge in [-0.1, -0.05) is 76.2 Å². The topological polar surface area (TPSA) is 68.2 Å². The molecule has 0 fully saturated rings. The summed E-state index contributed by atoms with van der Waals surface area (Å²) in [6, 6.07) is 16.0. The molecule has 3 rings (SSSR count). The Kier molecular flexibility index (Phi) is 7.84. The number of nitrogens with zero attached hydrogens (tertiary/aromatic N) is 2. The van der Waals surface area contributed by atoms with Crippen LogP contribution in [-0.4, -0.2) is 22.4 Å². The summed E-state index contributed by atoms with van der Waals surface area (Å²) in [7, 11) is 0. The smallest absolute Gasteiger partial charge is 0.323 e. The predicted molar refractivity (Wildman–Crippen MR) is 126 cm³/mol. The molecule has 0 spiro atoms. The normalized spacial score (nSPS) is 11.2. The summed E-state index contributed by atoms with van der Waals surface area (Å²) in [5, 5.41) is 10.2. The third-order valence-corrected chi connectivity index (χ3v) is 5.08. The van der Waals surface area contributed by atoms with Gasteiger partial charge in [-0.25, -0.2) is 4.79 Å². The molecule has 2 amide bonds. The molecule has 0 aliphatic rings. The van der Waals surface area contributed by atoms with Gasteiger partial charge in [-0.05, 0) is 28.5 Å². The lowest BCUT2D eigenvalue weighted by molar-refractivity contribution is 0.111. The molecule has 0 unspecified atom stereocenters. The minimum Gasteiger partial charge on any atom is -0.375 e. The molecule has 0 saturated carbocycles. The minimum absolute atomic E-state index is 0.269. The molecule has 31 heavy (non-hydrogen) atoms. The number of anilines is 2. The van der Waals surface area contributed by atoms with E-state index in [4.69, 9.17) is 4.74 Å². The Morgan fingerprint density at radius 2 is 1.65 bits per heavy atom. The Hall–Kier alpha value is -3.12. The van der Waals surface area contributed by atoms with E-state index < -0.39 is 0 Å². The monoisotopic (exact) mass is 420 g/mol. The molecule has 0 radical (unpaired) electrons. The molecule has 6 nitrogen and oxygen atoms in total. The van der Waals surface area contributed by atoms with Crippen molar-refractivity contribution in [3.05, 3.63) is 77.6 Å². The van der Waals surface area contributed by atoms with Crippen molar-refractivity contribution in [2.24, 2.45) is 0 Å². The van der Waals surface area contributed by atoms with Crippen LogP contribution < -0.4 is 10.6 Å². The molecule has 0 bridgehead atoms. The van der Waals surface area contributed by atoms with E-state index in [1.54, 1.807) is 10.9 Å². The first-order valence-electron chi connectivity index (χ1n) is 10.8. The van der Waals surface area contributed by atoms with Crippen LogP contribution >= 0.6 is 0 Å². The highest BCUT2D eigenvalue weighted by atomic mass is 16.5. The van der Waals surface area contributed by atoms with Crippen molar-refractivity contribution in [2.75, 3.05) is 17.2 Å². The van der Waals surface area contributed by atoms with Gasteiger partial charge in [-0.2, -0.15) is 5.10 Å². The second-order valence-corrected chi connectivity index (χ2v) is 8.23. The average molecular weight is 421 g/mol. The van der Waals surface area contributed by atoms with Gasteiger partial charge in [0.15, 0.2) is 0 Å². The summed E-state index contributed by atoms with van der Waals surface area (Å²) in [6.45, 7) is 10.3. The molecule has 1 aromatic heterocycles. The number of amides is 2. The highest BCUT2D eigenvalue weighted by Gasteiger charge is 2.16. The molecule has 0 atom stereocenters. The van der Waals surface area contributed by atoms with Crippen molar-refractivity contribution in [3.63, 3.8) is 0 Å². The highest BCUT2D eigenvalue weighted by molar-refractivity contribution is 6.00. The number of carbonyl (C=O) groups excluding carboxylic acids is 1. The van der Waals surface area contributed by atoms with E-state index in [9.17, 15) is 4.79 Å². The van der Waals surface area contributed by atoms with E-state index in [1.807, 2.05) is 36.5 Å². The standard InChI is InChI=1S/C25H32N4O2/c1-18(2)22-11-8-12-23(19(3)4)24(22)28-25(30)27-21-15-26-29(16-21)13-14-31-17-20-9-6-5-7-10-20/h5-12,15-16,18-19H,13-14,17H2,1-4H3,(H2,27,28,30). The van der Waals surface area contributed by atoms with Crippen LogP contribution in [0.3, 0.4) is 0 Å². The van der Waals surface area contributed by atoms with E-state index in [0.29, 0.717) is 37.3 Å². The molecule has 2 aromatic carbocycles. The average Bonchev–Trinajstić information content (AvgIpc) is 3.18. The Morgan fingerprint density at radius 1 is 0.968 bits per heavy atom. The Labute approximate surface area is 184 Å². The van der Waals surface area contributed by atoms with E-state index >= 15 is 0 Å². The number of hydrogen-bond donors (Lipinski definition) is 2. The van der Waals surface area contributed by atoms with Crippen LogP contribution in [0.15, 0.2) is 60.9 Å². The fourth-order valence-corrected chi connectivity index (χ4v) is 3.44. The maximum atomic E-state index is 12.7. The number of ether oxygens (including phenoxy) is 1. The third-order valence-electron chi connectivity index (χ3n) is 5.08. The quantitative estimate of drug-likeness (QED) is 0.418. The Balaban J connectivity index is 1.54. The first kappa shape index (κ1) is 22.6. The molecule has 6 heteroatoms. The summed E-state index contributed by atoms with van der Waals surface area (Å²) in [5.74, 6) is 0.625. The van der Waals surface area contributed by atoms with Crippen molar-refractivity contribution in [2.45, 2.75) is 52.7 Å². The lowest BCUT2D eigenvalue weighted by atomic mass is 9.93. The number of benzene rings is 2. The molecule has 3 aromatic rings. The Morgan fingerprint density at radius 3 is 2.29 bits per heavy atom. The molecule has 0 saturated heterocycles. The minimum atomic E-state index is -0.269. The number of nitrogens with one attached hydrogen (secondary N) is 2. The van der Waals surface area contributed by atoms with Crippen LogP contribution in [0.4, 0.5) is 16.2 Å². The molecule has 164 valence electrons. The van der Waals surface area contributed by atoms with Crippen molar-refractivity contribution in [3.8, 4) is 0 Å². The summed E-state index contributed by atoms with van der Waals surface area (Å²) in [6.07, 6.45) is 3.46. The summed E-state index contributed by atoms with van der Waals surface area (Å²) >= 11 is 0. The van der Waals surface area contributed by atoms with E-state index in [1.165, 1.54) is 0 Å². The number of carbonyl (C=O) groups is 1. The zero-order valence-corrected chi connectivity index (χ0v) is 18.8. The van der Waals surface area contributed by atoms with Gasteiger partial charge in [-0.15, -0.1) is 0 Å². The lowest BCUT2D eigenvalue weighted by Crippen LogP contribution is -2.21. The molecular formula is C25H32N4O2. The molecule has 2 N–H and O–H groups in total. The van der Waals surface area contributed by atoms with Crippen molar-refractivity contribution < 1.29 is 9.53 Å². The predicted octanol–water partition coefficient (Wildman–Crippen LogP) is 5.99. The van der Waals surface area contributed by atoms with Crippen molar-refractivity contribution in [1.29, 1.82) is 0 Å². The second kappa shape index (κ2) is 10.8. The van der Waals surface area contributed by atoms with Gasteiger partial charge in [0.25, 0.3) is 0 Å². The van der Waals surface area contributed by atoms with E-state index in [0.717, 1.165) is 22.4 Å². The first-order valence-corrected chi connectivity index (χ1v) is 10.8. The number of rotatable bonds is 9. The number of hydrogen-bond acceptors (Lipinski definition) is 3. The first-order chi connectivity index (χ1) is 14.9. The van der Waals surface area contributed by atoms with Gasteiger partial charge in [0.1, 0.15) is 0 Å². The largest absolute Gasteiger partial charge is 0.375 e. The zero-order valence-electron chi connectivity index (χ0n) is 18.8. The van der Waals surface area contributed by atoms with Gasteiger partial charge in [0.05, 0.1) is 31.6 Å². The summed E-state index contributed by atoms with van der Waals surface area (Å²) in [4.78, 5) is 12.7. The van der Waals surface area contributed by atoms with Gasteiger partial charge < -0.3 is 15.4 Å². The fourth-order valence-electron chi connectivity index (χ4n) is 3.44. The van der Waals surface area contributed by atoms with Crippen molar-refractivity contribution >= 4 is 17.4 Å². The van der Waals surface area contributed by atoms with Gasteiger partial charge >= 0.3 is 6.03 Å². The summed E-state index contributed by atoms with van der Waals surface area (Å²) in [5.41, 5.74) is 4.95. The number of para-hydroxylation sites is 1. The molecule has 0 aliphatic heterocycles. The maximum Gasteiger partial charge on any atom is 0.323 e. The lowest BCUT2D eigenvalue weighted by Gasteiger charge is -2.20. The zero-order chi connectivity index (χ0) is 22.2.